The summed E-state index contributed by atoms with van der Waals surface area (Å²) in [7, 11) is 0. The van der Waals surface area contributed by atoms with Gasteiger partial charge >= 0.3 is 0 Å². The molecular formula is C15H25ClN2O2. The van der Waals surface area contributed by atoms with Crippen molar-refractivity contribution in [2.75, 3.05) is 19.6 Å². The predicted molar refractivity (Wildman–Crippen MR) is 83.5 cm³/mol. The number of aliphatic hydroxyl groups excluding tert-OH is 1. The fourth-order valence-corrected chi connectivity index (χ4v) is 2.33. The van der Waals surface area contributed by atoms with Crippen molar-refractivity contribution in [1.82, 2.24) is 10.6 Å². The van der Waals surface area contributed by atoms with E-state index in [-0.39, 0.29) is 24.6 Å². The van der Waals surface area contributed by atoms with Crippen molar-refractivity contribution in [2.24, 2.45) is 5.92 Å². The molecule has 2 atom stereocenters. The van der Waals surface area contributed by atoms with Gasteiger partial charge in [-0.05, 0) is 31.5 Å². The average molecular weight is 301 g/mol. The zero-order chi connectivity index (χ0) is 13.7. The molecule has 1 aliphatic rings. The highest BCUT2D eigenvalue weighted by atomic mass is 35.5. The summed E-state index contributed by atoms with van der Waals surface area (Å²) in [6.07, 6.45) is -0.0222. The summed E-state index contributed by atoms with van der Waals surface area (Å²) in [6, 6.07) is 8.15. The Bertz CT molecular complexity index is 401. The number of nitrogens with one attached hydrogen (secondary N) is 2. The fraction of sp³-hybridized carbons (Fsp3) is 0.600. The Morgan fingerprint density at radius 3 is 2.85 bits per heavy atom. The van der Waals surface area contributed by atoms with Crippen LogP contribution < -0.4 is 15.4 Å². The highest BCUT2D eigenvalue weighted by Crippen LogP contribution is 2.15. The molecule has 0 spiro atoms. The van der Waals surface area contributed by atoms with E-state index in [0.29, 0.717) is 12.5 Å². The molecule has 1 aliphatic heterocycles. The van der Waals surface area contributed by atoms with Crippen LogP contribution in [0.5, 0.6) is 5.75 Å². The van der Waals surface area contributed by atoms with Crippen molar-refractivity contribution in [1.29, 1.82) is 0 Å². The van der Waals surface area contributed by atoms with Gasteiger partial charge in [0.15, 0.2) is 0 Å². The lowest BCUT2D eigenvalue weighted by atomic mass is 10.1. The molecule has 20 heavy (non-hydrogen) atoms. The molecule has 0 saturated carbocycles. The molecule has 2 rings (SSSR count). The van der Waals surface area contributed by atoms with E-state index in [1.54, 1.807) is 0 Å². The van der Waals surface area contributed by atoms with Crippen molar-refractivity contribution in [3.63, 3.8) is 0 Å². The molecule has 2 unspecified atom stereocenters. The molecule has 1 aromatic carbocycles. The van der Waals surface area contributed by atoms with Gasteiger partial charge in [-0.1, -0.05) is 12.1 Å². The Balaban J connectivity index is 0.00000200. The lowest BCUT2D eigenvalue weighted by Crippen LogP contribution is -2.30. The second-order valence-electron chi connectivity index (χ2n) is 5.43. The molecule has 0 aromatic heterocycles. The third-order valence-corrected chi connectivity index (χ3v) is 3.31. The van der Waals surface area contributed by atoms with E-state index >= 15 is 0 Å². The highest BCUT2D eigenvalue weighted by molar-refractivity contribution is 5.85. The van der Waals surface area contributed by atoms with Gasteiger partial charge in [-0.25, -0.2) is 0 Å². The first-order valence-electron chi connectivity index (χ1n) is 7.00. The third-order valence-electron chi connectivity index (χ3n) is 3.31. The molecule has 114 valence electrons. The summed E-state index contributed by atoms with van der Waals surface area (Å²) >= 11 is 0. The molecule has 0 amide bonds. The molecule has 3 N–H and O–H groups in total. The number of aliphatic hydroxyl groups is 1. The van der Waals surface area contributed by atoms with Gasteiger partial charge in [0.25, 0.3) is 0 Å². The van der Waals surface area contributed by atoms with Crippen LogP contribution in [-0.2, 0) is 6.54 Å². The van der Waals surface area contributed by atoms with Crippen LogP contribution in [0.15, 0.2) is 24.3 Å². The van der Waals surface area contributed by atoms with E-state index in [9.17, 15) is 5.11 Å². The van der Waals surface area contributed by atoms with Gasteiger partial charge in [0.1, 0.15) is 5.75 Å². The van der Waals surface area contributed by atoms with Gasteiger partial charge in [-0.2, -0.15) is 0 Å². The van der Waals surface area contributed by atoms with E-state index in [0.717, 1.165) is 25.4 Å². The van der Waals surface area contributed by atoms with Crippen LogP contribution in [0.3, 0.4) is 0 Å². The molecule has 5 heteroatoms. The van der Waals surface area contributed by atoms with Crippen molar-refractivity contribution in [3.8, 4) is 5.75 Å². The normalized spacial score (nSPS) is 21.8. The average Bonchev–Trinajstić information content (AvgIpc) is 2.75. The maximum absolute atomic E-state index is 9.71. The van der Waals surface area contributed by atoms with Crippen LogP contribution >= 0.6 is 12.4 Å². The minimum absolute atomic E-state index is 0. The predicted octanol–water partition coefficient (Wildman–Crippen LogP) is 1.57. The quantitative estimate of drug-likeness (QED) is 0.746. The van der Waals surface area contributed by atoms with E-state index < -0.39 is 0 Å². The monoisotopic (exact) mass is 300 g/mol. The molecule has 0 radical (unpaired) electrons. The summed E-state index contributed by atoms with van der Waals surface area (Å²) in [6.45, 7) is 7.30. The lowest BCUT2D eigenvalue weighted by molar-refractivity contribution is 0.146. The Labute approximate surface area is 127 Å². The van der Waals surface area contributed by atoms with Crippen LogP contribution in [-0.4, -0.2) is 36.9 Å². The van der Waals surface area contributed by atoms with Crippen LogP contribution in [0.4, 0.5) is 0 Å². The summed E-state index contributed by atoms with van der Waals surface area (Å²) in [5.41, 5.74) is 1.21. The largest absolute Gasteiger partial charge is 0.491 e. The molecule has 1 aromatic rings. The Morgan fingerprint density at radius 2 is 2.20 bits per heavy atom. The molecule has 1 fully saturated rings. The van der Waals surface area contributed by atoms with Gasteiger partial charge in [-0.15, -0.1) is 12.4 Å². The fourth-order valence-electron chi connectivity index (χ4n) is 2.33. The molecule has 1 saturated heterocycles. The molecule has 0 bridgehead atoms. The second-order valence-corrected chi connectivity index (χ2v) is 5.43. The first-order valence-corrected chi connectivity index (χ1v) is 7.00. The Kier molecular flexibility index (Phi) is 7.30. The maximum Gasteiger partial charge on any atom is 0.120 e. The van der Waals surface area contributed by atoms with E-state index in [1.807, 2.05) is 26.0 Å². The zero-order valence-corrected chi connectivity index (χ0v) is 13.0. The number of hydrogen-bond acceptors (Lipinski definition) is 4. The van der Waals surface area contributed by atoms with Gasteiger partial charge in [0.2, 0.25) is 0 Å². The van der Waals surface area contributed by atoms with Crippen LogP contribution in [0, 0.1) is 5.92 Å². The number of hydrogen-bond donors (Lipinski definition) is 3. The minimum atomic E-state index is -0.219. The Hall–Kier alpha value is -0.810. The number of rotatable bonds is 6. The van der Waals surface area contributed by atoms with Gasteiger partial charge in [0, 0.05) is 32.1 Å². The third kappa shape index (κ3) is 5.29. The zero-order valence-electron chi connectivity index (χ0n) is 12.1. The van der Waals surface area contributed by atoms with Crippen molar-refractivity contribution in [3.05, 3.63) is 29.8 Å². The van der Waals surface area contributed by atoms with Crippen molar-refractivity contribution >= 4 is 12.4 Å². The SMILES string of the molecule is CC(C)Oc1cccc(CNCC2CNCC2O)c1.Cl. The van der Waals surface area contributed by atoms with Crippen molar-refractivity contribution < 1.29 is 9.84 Å². The second kappa shape index (κ2) is 8.47. The summed E-state index contributed by atoms with van der Waals surface area (Å²) < 4.78 is 5.67. The minimum Gasteiger partial charge on any atom is -0.491 e. The maximum atomic E-state index is 9.71. The van der Waals surface area contributed by atoms with Crippen molar-refractivity contribution in [2.45, 2.75) is 32.6 Å². The number of halogens is 1. The first-order chi connectivity index (χ1) is 9.15. The number of β-amino-alcohol motifs (C(OH)–C–C–N with tert-alkyl or cyclic N) is 1. The van der Waals surface area contributed by atoms with Crippen LogP contribution in [0.2, 0.25) is 0 Å². The summed E-state index contributed by atoms with van der Waals surface area (Å²) in [5, 5.41) is 16.3. The lowest BCUT2D eigenvalue weighted by Gasteiger charge is -2.15. The van der Waals surface area contributed by atoms with E-state index in [4.69, 9.17) is 4.74 Å². The summed E-state index contributed by atoms with van der Waals surface area (Å²) in [5.74, 6) is 1.23. The molecular weight excluding hydrogens is 276 g/mol. The smallest absolute Gasteiger partial charge is 0.120 e. The van der Waals surface area contributed by atoms with Crippen LogP contribution in [0.25, 0.3) is 0 Å². The Morgan fingerprint density at radius 1 is 1.40 bits per heavy atom. The standard InChI is InChI=1S/C15H24N2O2.ClH/c1-11(2)19-14-5-3-4-12(6-14)7-16-8-13-9-17-10-15(13)18;/h3-6,11,13,15-18H,7-10H2,1-2H3;1H. The number of benzene rings is 1. The topological polar surface area (TPSA) is 53.5 Å². The number of ether oxygens (including phenoxy) is 1. The molecule has 0 aliphatic carbocycles. The molecule has 1 heterocycles. The van der Waals surface area contributed by atoms with Gasteiger partial charge in [-0.3, -0.25) is 0 Å². The highest BCUT2D eigenvalue weighted by Gasteiger charge is 2.23. The first kappa shape index (κ1) is 17.2. The van der Waals surface area contributed by atoms with E-state index in [1.165, 1.54) is 5.56 Å². The van der Waals surface area contributed by atoms with Crippen LogP contribution in [0.1, 0.15) is 19.4 Å². The molecule has 4 nitrogen and oxygen atoms in total. The van der Waals surface area contributed by atoms with E-state index in [2.05, 4.69) is 22.8 Å². The van der Waals surface area contributed by atoms with Gasteiger partial charge < -0.3 is 20.5 Å². The summed E-state index contributed by atoms with van der Waals surface area (Å²) in [4.78, 5) is 0. The van der Waals surface area contributed by atoms with Gasteiger partial charge in [0.05, 0.1) is 12.2 Å².